The summed E-state index contributed by atoms with van der Waals surface area (Å²) in [6, 6.07) is 0. The first-order chi connectivity index (χ1) is 7.09. The van der Waals surface area contributed by atoms with Crippen molar-refractivity contribution < 1.29 is 15.0 Å². The molecule has 3 nitrogen and oxygen atoms in total. The standard InChI is InChI=1S/C12H18O3/c13-10(11(14)15)12-4-7-1-8(5-12)3-9(2-7)6-12/h7-10,13H,1-6H2,(H,14,15)/t7?,8?,9?,10-,12?/m1/s1. The fourth-order valence-electron chi connectivity index (χ4n) is 4.77. The molecule has 2 N–H and O–H groups in total. The second kappa shape index (κ2) is 2.97. The van der Waals surface area contributed by atoms with Gasteiger partial charge in [0.15, 0.2) is 6.10 Å². The highest BCUT2D eigenvalue weighted by Crippen LogP contribution is 2.61. The SMILES string of the molecule is O=C(O)[C@@H](O)C12CC3CC(CC(C3)C1)C2. The summed E-state index contributed by atoms with van der Waals surface area (Å²) in [6.45, 7) is 0. The maximum atomic E-state index is 11.0. The lowest BCUT2D eigenvalue weighted by Crippen LogP contribution is -2.53. The van der Waals surface area contributed by atoms with Crippen LogP contribution in [0.2, 0.25) is 0 Å². The Hall–Kier alpha value is -0.570. The molecule has 3 heteroatoms. The summed E-state index contributed by atoms with van der Waals surface area (Å²) in [5, 5.41) is 18.9. The summed E-state index contributed by atoms with van der Waals surface area (Å²) in [5.41, 5.74) is -0.263. The Morgan fingerprint density at radius 2 is 1.47 bits per heavy atom. The zero-order valence-electron chi connectivity index (χ0n) is 8.85. The second-order valence-corrected chi connectivity index (χ2v) is 6.02. The predicted octanol–water partition coefficient (Wildman–Crippen LogP) is 1.65. The molecule has 0 aromatic rings. The number of hydrogen-bond acceptors (Lipinski definition) is 2. The van der Waals surface area contributed by atoms with E-state index in [0.29, 0.717) is 17.8 Å². The third kappa shape index (κ3) is 1.32. The molecule has 0 spiro atoms. The van der Waals surface area contributed by atoms with Crippen molar-refractivity contribution in [2.45, 2.75) is 44.6 Å². The van der Waals surface area contributed by atoms with Crippen LogP contribution >= 0.6 is 0 Å². The van der Waals surface area contributed by atoms with Crippen LogP contribution in [0.15, 0.2) is 0 Å². The second-order valence-electron chi connectivity index (χ2n) is 6.02. The van der Waals surface area contributed by atoms with Gasteiger partial charge in [-0.15, -0.1) is 0 Å². The van der Waals surface area contributed by atoms with E-state index in [-0.39, 0.29) is 5.41 Å². The Morgan fingerprint density at radius 3 is 1.80 bits per heavy atom. The average Bonchev–Trinajstić information content (AvgIpc) is 2.14. The van der Waals surface area contributed by atoms with Gasteiger partial charge in [-0.2, -0.15) is 0 Å². The number of rotatable bonds is 2. The Labute approximate surface area is 89.5 Å². The van der Waals surface area contributed by atoms with E-state index in [4.69, 9.17) is 5.11 Å². The molecule has 0 unspecified atom stereocenters. The third-order valence-electron chi connectivity index (χ3n) is 4.90. The van der Waals surface area contributed by atoms with Gasteiger partial charge < -0.3 is 10.2 Å². The quantitative estimate of drug-likeness (QED) is 0.728. The molecule has 4 aliphatic rings. The highest BCUT2D eigenvalue weighted by atomic mass is 16.4. The van der Waals surface area contributed by atoms with Crippen LogP contribution in [-0.2, 0) is 4.79 Å². The summed E-state index contributed by atoms with van der Waals surface area (Å²) in [7, 11) is 0. The van der Waals surface area contributed by atoms with E-state index in [9.17, 15) is 9.90 Å². The van der Waals surface area contributed by atoms with Crippen LogP contribution in [0.3, 0.4) is 0 Å². The maximum Gasteiger partial charge on any atom is 0.333 e. The van der Waals surface area contributed by atoms with Crippen LogP contribution in [0, 0.1) is 23.2 Å². The molecule has 0 heterocycles. The molecule has 4 aliphatic carbocycles. The molecule has 0 aromatic heterocycles. The van der Waals surface area contributed by atoms with Crippen molar-refractivity contribution in [3.8, 4) is 0 Å². The minimum Gasteiger partial charge on any atom is -0.479 e. The van der Waals surface area contributed by atoms with Crippen LogP contribution in [0.25, 0.3) is 0 Å². The molecule has 4 fully saturated rings. The fourth-order valence-corrected chi connectivity index (χ4v) is 4.77. The van der Waals surface area contributed by atoms with E-state index >= 15 is 0 Å². The normalized spacial score (nSPS) is 49.3. The fraction of sp³-hybridized carbons (Fsp3) is 0.917. The molecule has 0 radical (unpaired) electrons. The van der Waals surface area contributed by atoms with E-state index in [0.717, 1.165) is 19.3 Å². The van der Waals surface area contributed by atoms with Crippen molar-refractivity contribution in [2.24, 2.45) is 23.2 Å². The number of carbonyl (C=O) groups is 1. The summed E-state index contributed by atoms with van der Waals surface area (Å²) in [6.07, 6.45) is 5.58. The van der Waals surface area contributed by atoms with Gasteiger partial charge in [0.05, 0.1) is 0 Å². The highest BCUT2D eigenvalue weighted by molar-refractivity contribution is 5.73. The maximum absolute atomic E-state index is 11.0. The molecule has 1 atom stereocenters. The number of aliphatic hydroxyl groups excluding tert-OH is 1. The lowest BCUT2D eigenvalue weighted by Gasteiger charge is -2.57. The zero-order valence-corrected chi connectivity index (χ0v) is 8.85. The van der Waals surface area contributed by atoms with Gasteiger partial charge >= 0.3 is 5.97 Å². The molecular formula is C12H18O3. The molecule has 15 heavy (non-hydrogen) atoms. The summed E-state index contributed by atoms with van der Waals surface area (Å²) in [5.74, 6) is 1.08. The van der Waals surface area contributed by atoms with Crippen LogP contribution in [0.4, 0.5) is 0 Å². The molecule has 0 aliphatic heterocycles. The number of carboxylic acid groups (broad SMARTS) is 1. The minimum absolute atomic E-state index is 0.263. The largest absolute Gasteiger partial charge is 0.479 e. The van der Waals surface area contributed by atoms with Crippen LogP contribution in [0.1, 0.15) is 38.5 Å². The third-order valence-corrected chi connectivity index (χ3v) is 4.90. The van der Waals surface area contributed by atoms with Gasteiger partial charge in [-0.05, 0) is 56.3 Å². The molecule has 4 bridgehead atoms. The topological polar surface area (TPSA) is 57.5 Å². The molecule has 0 amide bonds. The van der Waals surface area contributed by atoms with Gasteiger partial charge in [0.1, 0.15) is 0 Å². The molecule has 0 aromatic carbocycles. The Morgan fingerprint density at radius 1 is 1.07 bits per heavy atom. The number of carboxylic acids is 1. The lowest BCUT2D eigenvalue weighted by atomic mass is 9.48. The van der Waals surface area contributed by atoms with Gasteiger partial charge in [0, 0.05) is 5.41 Å². The van der Waals surface area contributed by atoms with Crippen molar-refractivity contribution in [1.82, 2.24) is 0 Å². The number of aliphatic hydroxyl groups is 1. The first-order valence-corrected chi connectivity index (χ1v) is 6.00. The van der Waals surface area contributed by atoms with Gasteiger partial charge in [-0.1, -0.05) is 0 Å². The molecule has 4 saturated carbocycles. The van der Waals surface area contributed by atoms with Crippen LogP contribution < -0.4 is 0 Å². The number of hydrogen-bond donors (Lipinski definition) is 2. The lowest BCUT2D eigenvalue weighted by molar-refractivity contribution is -0.170. The van der Waals surface area contributed by atoms with Gasteiger partial charge in [-0.25, -0.2) is 4.79 Å². The first-order valence-electron chi connectivity index (χ1n) is 6.00. The summed E-state index contributed by atoms with van der Waals surface area (Å²) < 4.78 is 0. The smallest absolute Gasteiger partial charge is 0.333 e. The van der Waals surface area contributed by atoms with Gasteiger partial charge in [0.2, 0.25) is 0 Å². The van der Waals surface area contributed by atoms with Crippen LogP contribution in [0.5, 0.6) is 0 Å². The molecule has 0 saturated heterocycles. The Kier molecular flexibility index (Phi) is 1.91. The molecular weight excluding hydrogens is 192 g/mol. The van der Waals surface area contributed by atoms with Gasteiger partial charge in [-0.3, -0.25) is 0 Å². The predicted molar refractivity (Wildman–Crippen MR) is 54.2 cm³/mol. The van der Waals surface area contributed by atoms with E-state index in [1.165, 1.54) is 19.3 Å². The molecule has 84 valence electrons. The highest BCUT2D eigenvalue weighted by Gasteiger charge is 2.55. The van der Waals surface area contributed by atoms with Crippen LogP contribution in [-0.4, -0.2) is 22.3 Å². The first kappa shape index (κ1) is 9.64. The van der Waals surface area contributed by atoms with Crippen molar-refractivity contribution in [3.05, 3.63) is 0 Å². The number of aliphatic carboxylic acids is 1. The van der Waals surface area contributed by atoms with E-state index in [1.807, 2.05) is 0 Å². The van der Waals surface area contributed by atoms with Gasteiger partial charge in [0.25, 0.3) is 0 Å². The average molecular weight is 210 g/mol. The Bertz CT molecular complexity index is 262. The van der Waals surface area contributed by atoms with Crippen molar-refractivity contribution >= 4 is 5.97 Å². The molecule has 4 rings (SSSR count). The van der Waals surface area contributed by atoms with Crippen molar-refractivity contribution in [2.75, 3.05) is 0 Å². The summed E-state index contributed by atoms with van der Waals surface area (Å²) in [4.78, 5) is 11.0. The summed E-state index contributed by atoms with van der Waals surface area (Å²) >= 11 is 0. The van der Waals surface area contributed by atoms with E-state index in [1.54, 1.807) is 0 Å². The zero-order chi connectivity index (χ0) is 10.6. The van der Waals surface area contributed by atoms with Crippen molar-refractivity contribution in [1.29, 1.82) is 0 Å². The van der Waals surface area contributed by atoms with E-state index < -0.39 is 12.1 Å². The monoisotopic (exact) mass is 210 g/mol. The van der Waals surface area contributed by atoms with Crippen molar-refractivity contribution in [3.63, 3.8) is 0 Å². The Balaban J connectivity index is 1.89. The van der Waals surface area contributed by atoms with E-state index in [2.05, 4.69) is 0 Å². The minimum atomic E-state index is -1.12.